The van der Waals surface area contributed by atoms with Gasteiger partial charge >= 0.3 is 0 Å². The molecule has 0 radical (unpaired) electrons. The minimum atomic E-state index is -0.200. The van der Waals surface area contributed by atoms with Gasteiger partial charge in [0.25, 0.3) is 0 Å². The number of para-hydroxylation sites is 1. The number of hydrogen-bond donors (Lipinski definition) is 1. The number of hydrogen-bond acceptors (Lipinski definition) is 3. The Balaban J connectivity index is 2.35. The maximum atomic E-state index is 13.9. The zero-order valence-electron chi connectivity index (χ0n) is 10.3. The van der Waals surface area contributed by atoms with Gasteiger partial charge in [0.1, 0.15) is 5.82 Å². The summed E-state index contributed by atoms with van der Waals surface area (Å²) < 4.78 is 13.9. The number of nitrogens with zero attached hydrogens (tertiary/aromatic N) is 1. The molecule has 1 aromatic heterocycles. The Morgan fingerprint density at radius 3 is 2.61 bits per heavy atom. The van der Waals surface area contributed by atoms with Gasteiger partial charge in [-0.15, -0.1) is 11.3 Å². The van der Waals surface area contributed by atoms with Crippen LogP contribution in [0.2, 0.25) is 0 Å². The van der Waals surface area contributed by atoms with Gasteiger partial charge in [0, 0.05) is 18.0 Å². The van der Waals surface area contributed by atoms with Gasteiger partial charge in [-0.05, 0) is 30.5 Å². The van der Waals surface area contributed by atoms with E-state index in [0.29, 0.717) is 12.2 Å². The smallest absolute Gasteiger partial charge is 0.146 e. The van der Waals surface area contributed by atoms with Crippen LogP contribution in [0.25, 0.3) is 0 Å². The summed E-state index contributed by atoms with van der Waals surface area (Å²) >= 11 is 1.66. The van der Waals surface area contributed by atoms with Crippen LogP contribution in [0.1, 0.15) is 17.8 Å². The van der Waals surface area contributed by atoms with E-state index in [9.17, 15) is 4.39 Å². The topological polar surface area (TPSA) is 29.3 Å². The maximum absolute atomic E-state index is 13.9. The number of rotatable bonds is 5. The Bertz CT molecular complexity index is 484. The monoisotopic (exact) mass is 264 g/mol. The lowest BCUT2D eigenvalue weighted by Crippen LogP contribution is -2.33. The van der Waals surface area contributed by atoms with E-state index in [0.717, 1.165) is 6.54 Å². The molecular weight excluding hydrogens is 247 g/mol. The highest BCUT2D eigenvalue weighted by atomic mass is 32.1. The van der Waals surface area contributed by atoms with Gasteiger partial charge < -0.3 is 10.6 Å². The normalized spacial score (nSPS) is 12.4. The van der Waals surface area contributed by atoms with Crippen LogP contribution in [0.5, 0.6) is 0 Å². The quantitative estimate of drug-likeness (QED) is 0.896. The summed E-state index contributed by atoms with van der Waals surface area (Å²) in [6.07, 6.45) is 0. The first kappa shape index (κ1) is 13.1. The fraction of sp³-hybridized carbons (Fsp3) is 0.286. The molecule has 0 amide bonds. The number of benzene rings is 1. The van der Waals surface area contributed by atoms with E-state index < -0.39 is 0 Å². The Morgan fingerprint density at radius 2 is 2.06 bits per heavy atom. The lowest BCUT2D eigenvalue weighted by molar-refractivity contribution is 0.592. The average molecular weight is 264 g/mol. The highest BCUT2D eigenvalue weighted by Gasteiger charge is 2.21. The summed E-state index contributed by atoms with van der Waals surface area (Å²) in [5, 5.41) is 2.02. The van der Waals surface area contributed by atoms with Crippen LogP contribution in [0.15, 0.2) is 41.8 Å². The molecule has 1 atom stereocenters. The van der Waals surface area contributed by atoms with Crippen molar-refractivity contribution in [1.82, 2.24) is 0 Å². The fourth-order valence-electron chi connectivity index (χ4n) is 2.12. The molecule has 1 unspecified atom stereocenters. The van der Waals surface area contributed by atoms with Gasteiger partial charge in [0.2, 0.25) is 0 Å². The Hall–Kier alpha value is -1.39. The highest BCUT2D eigenvalue weighted by molar-refractivity contribution is 7.10. The van der Waals surface area contributed by atoms with Crippen molar-refractivity contribution in [2.24, 2.45) is 5.73 Å². The fourth-order valence-corrected chi connectivity index (χ4v) is 2.97. The third-order valence-electron chi connectivity index (χ3n) is 2.97. The maximum Gasteiger partial charge on any atom is 0.146 e. The Morgan fingerprint density at radius 1 is 1.28 bits per heavy atom. The average Bonchev–Trinajstić information content (AvgIpc) is 2.90. The van der Waals surface area contributed by atoms with Crippen molar-refractivity contribution in [3.63, 3.8) is 0 Å². The molecule has 0 aliphatic rings. The first-order valence-electron chi connectivity index (χ1n) is 6.02. The largest absolute Gasteiger partial charge is 0.360 e. The zero-order valence-corrected chi connectivity index (χ0v) is 11.2. The molecule has 0 bridgehead atoms. The number of likely N-dealkylation sites (N-methyl/N-ethyl adjacent to an activating group) is 1. The van der Waals surface area contributed by atoms with E-state index >= 15 is 0 Å². The molecular formula is C14H17FN2S. The summed E-state index contributed by atoms with van der Waals surface area (Å²) in [5.74, 6) is -0.200. The van der Waals surface area contributed by atoms with Gasteiger partial charge in [0.15, 0.2) is 0 Å². The van der Waals surface area contributed by atoms with Crippen LogP contribution in [0.4, 0.5) is 10.1 Å². The minimum absolute atomic E-state index is 0.0342. The van der Waals surface area contributed by atoms with Gasteiger partial charge in [-0.2, -0.15) is 0 Å². The van der Waals surface area contributed by atoms with Crippen molar-refractivity contribution in [3.05, 3.63) is 52.5 Å². The van der Waals surface area contributed by atoms with Crippen LogP contribution in [0.3, 0.4) is 0 Å². The van der Waals surface area contributed by atoms with Crippen molar-refractivity contribution < 1.29 is 4.39 Å². The molecule has 2 rings (SSSR count). The van der Waals surface area contributed by atoms with Gasteiger partial charge in [0.05, 0.1) is 11.7 Å². The molecule has 1 aromatic carbocycles. The molecule has 0 spiro atoms. The minimum Gasteiger partial charge on any atom is -0.360 e. The van der Waals surface area contributed by atoms with Crippen LogP contribution in [0, 0.1) is 5.82 Å². The van der Waals surface area contributed by atoms with Gasteiger partial charge in [-0.3, -0.25) is 0 Å². The number of nitrogens with two attached hydrogens (primary N) is 1. The molecule has 2 nitrogen and oxygen atoms in total. The third-order valence-corrected chi connectivity index (χ3v) is 3.95. The summed E-state index contributed by atoms with van der Waals surface area (Å²) in [5.41, 5.74) is 6.49. The van der Waals surface area contributed by atoms with E-state index in [1.54, 1.807) is 23.5 Å². The molecule has 0 aliphatic carbocycles. The predicted molar refractivity (Wildman–Crippen MR) is 75.5 cm³/mol. The molecule has 18 heavy (non-hydrogen) atoms. The number of anilines is 1. The van der Waals surface area contributed by atoms with Crippen molar-refractivity contribution in [1.29, 1.82) is 0 Å². The van der Waals surface area contributed by atoms with E-state index in [-0.39, 0.29) is 11.9 Å². The molecule has 0 saturated carbocycles. The molecule has 0 aliphatic heterocycles. The first-order chi connectivity index (χ1) is 8.77. The summed E-state index contributed by atoms with van der Waals surface area (Å²) in [6.45, 7) is 3.21. The molecule has 0 fully saturated rings. The SMILES string of the molecule is CCN(c1ccccc1F)C(CN)c1cccs1. The second kappa shape index (κ2) is 5.98. The number of thiophene rings is 1. The Kier molecular flexibility index (Phi) is 4.33. The van der Waals surface area contributed by atoms with Crippen LogP contribution in [-0.2, 0) is 0 Å². The molecule has 1 heterocycles. The molecule has 0 saturated heterocycles. The highest BCUT2D eigenvalue weighted by Crippen LogP contribution is 2.30. The van der Waals surface area contributed by atoms with Crippen molar-refractivity contribution >= 4 is 17.0 Å². The van der Waals surface area contributed by atoms with Crippen LogP contribution < -0.4 is 10.6 Å². The zero-order chi connectivity index (χ0) is 13.0. The lowest BCUT2D eigenvalue weighted by Gasteiger charge is -2.31. The van der Waals surface area contributed by atoms with Crippen molar-refractivity contribution in [2.45, 2.75) is 13.0 Å². The summed E-state index contributed by atoms with van der Waals surface area (Å²) in [4.78, 5) is 3.18. The van der Waals surface area contributed by atoms with Crippen molar-refractivity contribution in [2.75, 3.05) is 18.0 Å². The molecule has 4 heteroatoms. The molecule has 2 N–H and O–H groups in total. The van der Waals surface area contributed by atoms with E-state index in [4.69, 9.17) is 5.73 Å². The van der Waals surface area contributed by atoms with Crippen molar-refractivity contribution in [3.8, 4) is 0 Å². The van der Waals surface area contributed by atoms with E-state index in [1.165, 1.54) is 10.9 Å². The second-order valence-corrected chi connectivity index (χ2v) is 4.98. The molecule has 2 aromatic rings. The third kappa shape index (κ3) is 2.54. The van der Waals surface area contributed by atoms with E-state index in [2.05, 4.69) is 0 Å². The standard InChI is InChI=1S/C14H17FN2S/c1-2-17(12-7-4-3-6-11(12)15)13(10-16)14-8-5-9-18-14/h3-9,13H,2,10,16H2,1H3. The lowest BCUT2D eigenvalue weighted by atomic mass is 10.1. The summed E-state index contributed by atoms with van der Waals surface area (Å²) in [6, 6.07) is 10.9. The van der Waals surface area contributed by atoms with Gasteiger partial charge in [-0.25, -0.2) is 4.39 Å². The second-order valence-electron chi connectivity index (χ2n) is 4.00. The predicted octanol–water partition coefficient (Wildman–Crippen LogP) is 3.41. The first-order valence-corrected chi connectivity index (χ1v) is 6.90. The molecule has 96 valence electrons. The van der Waals surface area contributed by atoms with Crippen LogP contribution >= 0.6 is 11.3 Å². The van der Waals surface area contributed by atoms with E-state index in [1.807, 2.05) is 35.4 Å². The summed E-state index contributed by atoms with van der Waals surface area (Å²) in [7, 11) is 0. The van der Waals surface area contributed by atoms with Gasteiger partial charge in [-0.1, -0.05) is 18.2 Å². The Labute approximate surface area is 111 Å². The number of halogens is 1. The van der Waals surface area contributed by atoms with Crippen LogP contribution in [-0.4, -0.2) is 13.1 Å².